The second-order valence-electron chi connectivity index (χ2n) is 27.6. The Labute approximate surface area is 556 Å². The zero-order chi connectivity index (χ0) is 68.7. The average molecular weight is 1290 g/mol. The molecular weight excluding hydrogens is 1180 g/mol. The predicted octanol–water partition coefficient (Wildman–Crippen LogP) is 15.1. The van der Waals surface area contributed by atoms with Gasteiger partial charge in [0.15, 0.2) is 26.4 Å². The molecule has 2 amide bonds. The van der Waals surface area contributed by atoms with Crippen LogP contribution in [0.2, 0.25) is 0 Å². The third kappa shape index (κ3) is 19.9. The molecule has 1 aliphatic rings. The van der Waals surface area contributed by atoms with Crippen molar-refractivity contribution in [2.24, 2.45) is 5.92 Å². The highest BCUT2D eigenvalue weighted by molar-refractivity contribution is 5.98. The van der Waals surface area contributed by atoms with Crippen LogP contribution in [-0.2, 0) is 80.1 Å². The minimum Gasteiger partial charge on any atom is -0.483 e. The van der Waals surface area contributed by atoms with E-state index < -0.39 is 29.2 Å². The molecule has 1 heterocycles. The van der Waals surface area contributed by atoms with Crippen LogP contribution in [-0.4, -0.2) is 94.0 Å². The molecule has 94 heavy (non-hydrogen) atoms. The Bertz CT molecular complexity index is 3850. The van der Waals surface area contributed by atoms with E-state index in [9.17, 15) is 24.0 Å². The van der Waals surface area contributed by atoms with E-state index in [1.54, 1.807) is 20.8 Å². The minimum absolute atomic E-state index is 0.0340. The Morgan fingerprint density at radius 2 is 0.798 bits per heavy atom. The lowest BCUT2D eigenvalue weighted by atomic mass is 9.80. The van der Waals surface area contributed by atoms with Gasteiger partial charge in [-0.25, -0.2) is 19.4 Å². The highest BCUT2D eigenvalue weighted by atomic mass is 16.6. The lowest BCUT2D eigenvalue weighted by molar-refractivity contribution is -0.146. The molecule has 16 heteroatoms. The summed E-state index contributed by atoms with van der Waals surface area (Å²) in [5.74, 6) is -0.125. The van der Waals surface area contributed by atoms with Gasteiger partial charge in [-0.05, 0) is 142 Å². The molecule has 8 bridgehead atoms. The van der Waals surface area contributed by atoms with Crippen molar-refractivity contribution in [3.8, 4) is 23.0 Å². The van der Waals surface area contributed by atoms with Crippen molar-refractivity contribution in [3.05, 3.63) is 158 Å². The first-order valence-corrected chi connectivity index (χ1v) is 33.3. The number of fused-ring (bicyclic) bond motifs is 10. The van der Waals surface area contributed by atoms with Crippen molar-refractivity contribution >= 4 is 62.9 Å². The van der Waals surface area contributed by atoms with Gasteiger partial charge in [0, 0.05) is 66.8 Å². The van der Waals surface area contributed by atoms with Gasteiger partial charge >= 0.3 is 17.9 Å². The molecule has 1 aromatic heterocycles. The first kappa shape index (κ1) is 72.8. The van der Waals surface area contributed by atoms with Crippen molar-refractivity contribution in [2.45, 2.75) is 172 Å². The molecule has 7 aromatic rings. The average Bonchev–Trinajstić information content (AvgIpc) is 0.774. The van der Waals surface area contributed by atoms with Gasteiger partial charge in [0.05, 0.1) is 30.9 Å². The monoisotopic (exact) mass is 1280 g/mol. The summed E-state index contributed by atoms with van der Waals surface area (Å²) in [6, 6.07) is 30.6. The maximum absolute atomic E-state index is 14.5. The molecule has 0 unspecified atom stereocenters. The largest absolute Gasteiger partial charge is 0.483 e. The van der Waals surface area contributed by atoms with Gasteiger partial charge in [-0.3, -0.25) is 9.59 Å². The molecule has 0 radical (unpaired) electrons. The highest BCUT2D eigenvalue weighted by Gasteiger charge is 2.30. The van der Waals surface area contributed by atoms with Crippen LogP contribution in [0.5, 0.6) is 23.0 Å². The summed E-state index contributed by atoms with van der Waals surface area (Å²) in [6.07, 6.45) is 2.96. The fourth-order valence-corrected chi connectivity index (χ4v) is 11.2. The number of rotatable bonds is 22. The Hall–Kier alpha value is -8.66. The van der Waals surface area contributed by atoms with E-state index in [0.717, 1.165) is 95.2 Å². The number of carbonyl (C=O) groups is 5. The van der Waals surface area contributed by atoms with E-state index in [-0.39, 0.29) is 94.6 Å². The van der Waals surface area contributed by atoms with E-state index in [2.05, 4.69) is 141 Å². The lowest BCUT2D eigenvalue weighted by Crippen LogP contribution is -2.29. The fraction of sp³-hybridized carbons (Fsp3) is 0.462. The molecule has 3 N–H and O–H groups in total. The Morgan fingerprint density at radius 1 is 0.457 bits per heavy atom. The topological polar surface area (TPSA) is 199 Å². The van der Waals surface area contributed by atoms with Crippen LogP contribution < -0.4 is 34.9 Å². The number of aromatic nitrogens is 1. The smallest absolute Gasteiger partial charge is 0.344 e. The lowest BCUT2D eigenvalue weighted by Gasteiger charge is -2.28. The zero-order valence-corrected chi connectivity index (χ0v) is 58.7. The van der Waals surface area contributed by atoms with Crippen LogP contribution >= 0.6 is 0 Å². The van der Waals surface area contributed by atoms with Crippen LogP contribution in [0.1, 0.15) is 190 Å². The number of amides is 2. The maximum Gasteiger partial charge on any atom is 0.344 e. The fourth-order valence-electron chi connectivity index (χ4n) is 11.2. The number of carbonyl (C=O) groups excluding carboxylic acids is 5. The van der Waals surface area contributed by atoms with Gasteiger partial charge in [0.25, 0.3) is 5.91 Å². The van der Waals surface area contributed by atoms with Gasteiger partial charge in [-0.2, -0.15) is 0 Å². The molecule has 0 saturated heterocycles. The van der Waals surface area contributed by atoms with Gasteiger partial charge in [-0.15, -0.1) is 0 Å². The zero-order valence-electron chi connectivity index (χ0n) is 58.7. The maximum atomic E-state index is 14.5. The quantitative estimate of drug-likeness (QED) is 0.0251. The summed E-state index contributed by atoms with van der Waals surface area (Å²) in [7, 11) is 0. The second kappa shape index (κ2) is 32.5. The molecule has 0 atom stereocenters. The number of nitrogens with one attached hydrogen (secondary N) is 3. The minimum atomic E-state index is -0.531. The summed E-state index contributed by atoms with van der Waals surface area (Å²) in [4.78, 5) is 71.6. The number of benzene rings is 6. The molecule has 0 spiro atoms. The third-order valence-electron chi connectivity index (χ3n) is 15.9. The molecule has 504 valence electrons. The van der Waals surface area contributed by atoms with E-state index >= 15 is 0 Å². The molecule has 6 aromatic carbocycles. The molecule has 1 aliphatic carbocycles. The first-order chi connectivity index (χ1) is 44.5. The highest BCUT2D eigenvalue weighted by Crippen LogP contribution is 2.44. The molecular formula is C78H100N4O12. The van der Waals surface area contributed by atoms with Crippen molar-refractivity contribution in [1.29, 1.82) is 0 Å². The van der Waals surface area contributed by atoms with E-state index in [1.807, 2.05) is 63.2 Å². The number of esters is 3. The Morgan fingerprint density at radius 3 is 1.15 bits per heavy atom. The number of anilines is 2. The number of hydrogen-bond donors (Lipinski definition) is 3. The summed E-state index contributed by atoms with van der Waals surface area (Å²) in [5.41, 5.74) is 11.8. The summed E-state index contributed by atoms with van der Waals surface area (Å²) in [5, 5.41) is 11.4. The normalized spacial score (nSPS) is 12.3. The summed E-state index contributed by atoms with van der Waals surface area (Å²) < 4.78 is 43.4. The van der Waals surface area contributed by atoms with Gasteiger partial charge in [0.2, 0.25) is 5.91 Å². The van der Waals surface area contributed by atoms with Crippen LogP contribution in [0.3, 0.4) is 0 Å². The van der Waals surface area contributed by atoms with Gasteiger partial charge in [0.1, 0.15) is 23.0 Å². The van der Waals surface area contributed by atoms with Gasteiger partial charge < -0.3 is 49.1 Å². The molecule has 0 fully saturated rings. The Balaban J connectivity index is 0.00000409. The van der Waals surface area contributed by atoms with E-state index in [4.69, 9.17) is 38.1 Å². The number of nitrogens with zero attached hydrogens (tertiary/aromatic N) is 1. The molecule has 0 aliphatic heterocycles. The molecule has 16 nitrogen and oxygen atoms in total. The third-order valence-corrected chi connectivity index (χ3v) is 15.9. The number of ether oxygens (including phenoxy) is 7. The van der Waals surface area contributed by atoms with Crippen LogP contribution in [0.15, 0.2) is 91.0 Å². The van der Waals surface area contributed by atoms with E-state index in [0.29, 0.717) is 47.3 Å². The standard InChI is InChI=1S/C75H92N4O12.C3H8/c1-16-85-65(81)42-89-68-49-26-46(6)27-50(68)30-52-34-58(74(10,11)12)37-55(70(52)90-43-66(82)86-17-2)32-56-38-59(75(13,14)15)36-54(71(56)91-44-67(83)87-18-3)31-53-35-57(73(7,8)9)33-51(29-49)69(53)88-41-64(80)78-61-23-21-48-28-47-20-22-60(39-62(47)79-63(48)40-61)76-24-19-25-77-72(84)45(4)5;1-3-2/h20-23,26-28,33-40,45,76H,16-19,24-25,29-32,41-44H2,1-15H3,(H,77,84)(H,78,80);3H2,1-2H3. The summed E-state index contributed by atoms with van der Waals surface area (Å²) >= 11 is 0. The Kier molecular flexibility index (Phi) is 25.1. The van der Waals surface area contributed by atoms with E-state index in [1.165, 1.54) is 6.42 Å². The van der Waals surface area contributed by atoms with Crippen molar-refractivity contribution in [2.75, 3.05) is 70.0 Å². The number of pyridine rings is 1. The van der Waals surface area contributed by atoms with Crippen molar-refractivity contribution in [3.63, 3.8) is 0 Å². The second-order valence-corrected chi connectivity index (χ2v) is 27.6. The van der Waals surface area contributed by atoms with Crippen LogP contribution in [0.25, 0.3) is 21.8 Å². The number of aryl methyl sites for hydroxylation is 1. The van der Waals surface area contributed by atoms with Crippen LogP contribution in [0, 0.1) is 12.8 Å². The molecule has 8 rings (SSSR count). The SMILES string of the molecule is CCC.CCOC(=O)COc1c2cc(C)cc1Cc1cc(C(C)(C)C)cc(c1OCC(=O)OCC)Cc1cc(C(C)(C)C)cc(c1OCC(=O)OCC)Cc1cc(C(C)(C)C)cc(c1OCC(=O)Nc1ccc3cc4ccc(NCCCNC(=O)C(C)C)cc4nc3c1)C2. The van der Waals surface area contributed by atoms with Crippen molar-refractivity contribution < 1.29 is 57.1 Å². The van der Waals surface area contributed by atoms with Gasteiger partial charge in [-0.1, -0.05) is 163 Å². The summed E-state index contributed by atoms with van der Waals surface area (Å²) in [6.45, 7) is 34.9. The first-order valence-electron chi connectivity index (χ1n) is 33.3. The number of hydrogen-bond acceptors (Lipinski definition) is 14. The van der Waals surface area contributed by atoms with Crippen LogP contribution in [0.4, 0.5) is 11.4 Å². The van der Waals surface area contributed by atoms with Crippen molar-refractivity contribution in [1.82, 2.24) is 10.3 Å². The predicted molar refractivity (Wildman–Crippen MR) is 375 cm³/mol. The molecule has 0 saturated carbocycles.